The first-order valence-electron chi connectivity index (χ1n) is 7.29. The maximum absolute atomic E-state index is 11.6. The minimum absolute atomic E-state index is 0.204. The average Bonchev–Trinajstić information content (AvgIpc) is 3.00. The molecule has 0 spiro atoms. The zero-order valence-corrected chi connectivity index (χ0v) is 14.1. The lowest BCUT2D eigenvalue weighted by molar-refractivity contribution is 0.0702. The normalized spacial score (nSPS) is 10.4. The van der Waals surface area contributed by atoms with Crippen molar-refractivity contribution in [2.75, 3.05) is 12.4 Å². The number of carboxylic acid groups (broad SMARTS) is 1. The van der Waals surface area contributed by atoms with Gasteiger partial charge in [-0.05, 0) is 24.6 Å². The Hall–Kier alpha value is -2.86. The smallest absolute Gasteiger partial charge is 0.348 e. The van der Waals surface area contributed by atoms with Gasteiger partial charge < -0.3 is 15.2 Å². The summed E-state index contributed by atoms with van der Waals surface area (Å²) >= 11 is 1.11. The molecule has 0 fully saturated rings. The molecule has 3 aromatic rings. The molecule has 0 atom stereocenters. The molecule has 0 aliphatic rings. The number of anilines is 2. The topological polar surface area (TPSA) is 71.5 Å². The van der Waals surface area contributed by atoms with E-state index in [9.17, 15) is 9.90 Å². The van der Waals surface area contributed by atoms with Crippen LogP contribution >= 0.6 is 11.3 Å². The van der Waals surface area contributed by atoms with E-state index in [1.165, 1.54) is 0 Å². The van der Waals surface area contributed by atoms with Gasteiger partial charge in [-0.2, -0.15) is 0 Å². The van der Waals surface area contributed by atoms with Gasteiger partial charge in [0.1, 0.15) is 10.6 Å². The summed E-state index contributed by atoms with van der Waals surface area (Å²) in [6, 6.07) is 15.0. The highest BCUT2D eigenvalue weighted by molar-refractivity contribution is 7.18. The van der Waals surface area contributed by atoms with E-state index in [-0.39, 0.29) is 4.88 Å². The standard InChI is InChI=1S/C18H16N2O3S/c1-11-8-9-14(23-2)13(10-11)19-18-20-15(16(24-18)17(21)22)12-6-4-3-5-7-12/h3-10H,1-2H3,(H,19,20)(H,21,22). The fraction of sp³-hybridized carbons (Fsp3) is 0.111. The number of aromatic nitrogens is 1. The largest absolute Gasteiger partial charge is 0.495 e. The molecule has 0 saturated heterocycles. The van der Waals surface area contributed by atoms with E-state index in [1.807, 2.05) is 55.5 Å². The van der Waals surface area contributed by atoms with Gasteiger partial charge >= 0.3 is 5.97 Å². The number of carboxylic acids is 1. The Morgan fingerprint density at radius 1 is 1.21 bits per heavy atom. The molecule has 0 aliphatic heterocycles. The lowest BCUT2D eigenvalue weighted by Crippen LogP contribution is -1.95. The van der Waals surface area contributed by atoms with Gasteiger partial charge in [0.25, 0.3) is 0 Å². The van der Waals surface area contributed by atoms with E-state index >= 15 is 0 Å². The number of carbonyl (C=O) groups is 1. The molecular weight excluding hydrogens is 324 g/mol. The Labute approximate surface area is 143 Å². The SMILES string of the molecule is COc1ccc(C)cc1Nc1nc(-c2ccccc2)c(C(=O)O)s1. The number of thiazole rings is 1. The fourth-order valence-corrected chi connectivity index (χ4v) is 3.18. The number of benzene rings is 2. The number of ether oxygens (including phenoxy) is 1. The number of nitrogens with zero attached hydrogens (tertiary/aromatic N) is 1. The van der Waals surface area contributed by atoms with E-state index in [1.54, 1.807) is 7.11 Å². The van der Waals surface area contributed by atoms with Gasteiger partial charge in [-0.1, -0.05) is 47.7 Å². The molecule has 2 N–H and O–H groups in total. The lowest BCUT2D eigenvalue weighted by atomic mass is 10.1. The molecule has 0 amide bonds. The molecule has 0 saturated carbocycles. The monoisotopic (exact) mass is 340 g/mol. The highest BCUT2D eigenvalue weighted by Gasteiger charge is 2.19. The van der Waals surface area contributed by atoms with Crippen LogP contribution in [-0.4, -0.2) is 23.2 Å². The third-order valence-corrected chi connectivity index (χ3v) is 4.42. The molecule has 0 bridgehead atoms. The van der Waals surface area contributed by atoms with Crippen LogP contribution in [0.5, 0.6) is 5.75 Å². The Morgan fingerprint density at radius 2 is 1.96 bits per heavy atom. The minimum atomic E-state index is -0.990. The quantitative estimate of drug-likeness (QED) is 0.712. The van der Waals surface area contributed by atoms with Crippen LogP contribution in [-0.2, 0) is 0 Å². The maximum atomic E-state index is 11.6. The zero-order chi connectivity index (χ0) is 17.1. The van der Waals surface area contributed by atoms with Crippen LogP contribution in [0.4, 0.5) is 10.8 Å². The van der Waals surface area contributed by atoms with Crippen LogP contribution in [0, 0.1) is 6.92 Å². The first-order valence-corrected chi connectivity index (χ1v) is 8.11. The second-order valence-electron chi connectivity index (χ2n) is 5.20. The van der Waals surface area contributed by atoms with Crippen molar-refractivity contribution in [3.8, 4) is 17.0 Å². The zero-order valence-electron chi connectivity index (χ0n) is 13.2. The molecule has 0 unspecified atom stereocenters. The van der Waals surface area contributed by atoms with Gasteiger partial charge in [-0.15, -0.1) is 0 Å². The molecule has 0 aliphatic carbocycles. The molecule has 24 heavy (non-hydrogen) atoms. The van der Waals surface area contributed by atoms with Crippen molar-refractivity contribution in [3.63, 3.8) is 0 Å². The first-order chi connectivity index (χ1) is 11.6. The second-order valence-corrected chi connectivity index (χ2v) is 6.20. The Morgan fingerprint density at radius 3 is 2.62 bits per heavy atom. The average molecular weight is 340 g/mol. The number of nitrogens with one attached hydrogen (secondary N) is 1. The Kier molecular flexibility index (Phi) is 4.48. The molecule has 2 aromatic carbocycles. The minimum Gasteiger partial charge on any atom is -0.495 e. The molecule has 1 heterocycles. The summed E-state index contributed by atoms with van der Waals surface area (Å²) in [5.41, 5.74) is 3.05. The fourth-order valence-electron chi connectivity index (χ4n) is 2.34. The lowest BCUT2D eigenvalue weighted by Gasteiger charge is -2.09. The van der Waals surface area contributed by atoms with E-state index in [0.717, 1.165) is 28.2 Å². The number of aryl methyl sites for hydroxylation is 1. The summed E-state index contributed by atoms with van der Waals surface area (Å²) in [5.74, 6) is -0.315. The van der Waals surface area contributed by atoms with Crippen LogP contribution in [0.2, 0.25) is 0 Å². The molecule has 5 nitrogen and oxygen atoms in total. The van der Waals surface area contributed by atoms with E-state index in [0.29, 0.717) is 16.6 Å². The Balaban J connectivity index is 2.01. The van der Waals surface area contributed by atoms with Crippen molar-refractivity contribution in [2.45, 2.75) is 6.92 Å². The third-order valence-electron chi connectivity index (χ3n) is 3.47. The van der Waals surface area contributed by atoms with Crippen molar-refractivity contribution in [1.29, 1.82) is 0 Å². The van der Waals surface area contributed by atoms with E-state index < -0.39 is 5.97 Å². The maximum Gasteiger partial charge on any atom is 0.348 e. The van der Waals surface area contributed by atoms with Crippen molar-refractivity contribution in [2.24, 2.45) is 0 Å². The van der Waals surface area contributed by atoms with Gasteiger partial charge in [-0.3, -0.25) is 0 Å². The van der Waals surface area contributed by atoms with Gasteiger partial charge in [0.05, 0.1) is 18.5 Å². The summed E-state index contributed by atoms with van der Waals surface area (Å²) in [6.07, 6.45) is 0. The summed E-state index contributed by atoms with van der Waals surface area (Å²) in [6.45, 7) is 1.98. The van der Waals surface area contributed by atoms with E-state index in [2.05, 4.69) is 10.3 Å². The summed E-state index contributed by atoms with van der Waals surface area (Å²) in [5, 5.41) is 13.1. The summed E-state index contributed by atoms with van der Waals surface area (Å²) in [4.78, 5) is 16.2. The third kappa shape index (κ3) is 3.23. The molecule has 122 valence electrons. The highest BCUT2D eigenvalue weighted by atomic mass is 32.1. The molecular formula is C18H16N2O3S. The molecule has 6 heteroatoms. The Bertz CT molecular complexity index is 875. The molecule has 1 aromatic heterocycles. The number of aromatic carboxylic acids is 1. The predicted molar refractivity (Wildman–Crippen MR) is 95.5 cm³/mol. The van der Waals surface area contributed by atoms with Gasteiger partial charge in [0, 0.05) is 5.56 Å². The van der Waals surface area contributed by atoms with Crippen molar-refractivity contribution in [1.82, 2.24) is 4.98 Å². The first kappa shape index (κ1) is 16.0. The summed E-state index contributed by atoms with van der Waals surface area (Å²) in [7, 11) is 1.59. The highest BCUT2D eigenvalue weighted by Crippen LogP contribution is 2.35. The van der Waals surface area contributed by atoms with Gasteiger partial charge in [0.15, 0.2) is 5.13 Å². The molecule has 0 radical (unpaired) electrons. The van der Waals surface area contributed by atoms with Crippen LogP contribution < -0.4 is 10.1 Å². The van der Waals surface area contributed by atoms with Gasteiger partial charge in [0.2, 0.25) is 0 Å². The van der Waals surface area contributed by atoms with Gasteiger partial charge in [-0.25, -0.2) is 9.78 Å². The number of rotatable bonds is 5. The van der Waals surface area contributed by atoms with E-state index in [4.69, 9.17) is 4.74 Å². The van der Waals surface area contributed by atoms with Crippen molar-refractivity contribution < 1.29 is 14.6 Å². The summed E-state index contributed by atoms with van der Waals surface area (Å²) < 4.78 is 5.34. The number of hydrogen-bond acceptors (Lipinski definition) is 5. The van der Waals surface area contributed by atoms with Crippen LogP contribution in [0.25, 0.3) is 11.3 Å². The predicted octanol–water partition coefficient (Wildman–Crippen LogP) is 4.57. The van der Waals surface area contributed by atoms with Crippen LogP contribution in [0.15, 0.2) is 48.5 Å². The van der Waals surface area contributed by atoms with Crippen LogP contribution in [0.3, 0.4) is 0 Å². The van der Waals surface area contributed by atoms with Crippen LogP contribution in [0.1, 0.15) is 15.2 Å². The second kappa shape index (κ2) is 6.72. The van der Waals surface area contributed by atoms with Crippen molar-refractivity contribution >= 4 is 28.1 Å². The number of hydrogen-bond donors (Lipinski definition) is 2. The van der Waals surface area contributed by atoms with Crippen molar-refractivity contribution in [3.05, 3.63) is 59.0 Å². The molecule has 3 rings (SSSR count). The number of methoxy groups -OCH3 is 1.